The van der Waals surface area contributed by atoms with Crippen LogP contribution in [0.15, 0.2) is 17.0 Å². The summed E-state index contributed by atoms with van der Waals surface area (Å²) in [5, 5.41) is 11.6. The average Bonchev–Trinajstić information content (AvgIpc) is 2.59. The number of hydrogen-bond acceptors (Lipinski definition) is 8. The van der Waals surface area contributed by atoms with Gasteiger partial charge in [0.15, 0.2) is 6.61 Å². The molecular weight excluding hydrogens is 372 g/mol. The first-order valence-corrected chi connectivity index (χ1v) is 8.63. The number of aliphatic carboxylic acids is 1. The van der Waals surface area contributed by atoms with Crippen LogP contribution in [-0.2, 0) is 29.1 Å². The van der Waals surface area contributed by atoms with Gasteiger partial charge in [-0.3, -0.25) is 14.4 Å². The van der Waals surface area contributed by atoms with Gasteiger partial charge in [-0.1, -0.05) is 0 Å². The number of esters is 1. The summed E-state index contributed by atoms with van der Waals surface area (Å²) >= 11 is 0. The SMILES string of the molecule is COC(=O)C[C@H](NS(=O)(=O)c1cc2c(cc1OC)NC(=O)CO2)C(=O)O. The summed E-state index contributed by atoms with van der Waals surface area (Å²) in [4.78, 5) is 33.5. The second-order valence-corrected chi connectivity index (χ2v) is 6.81. The Labute approximate surface area is 148 Å². The number of rotatable bonds is 7. The Morgan fingerprint density at radius 2 is 2.08 bits per heavy atom. The molecule has 0 saturated carbocycles. The number of sulfonamides is 1. The largest absolute Gasteiger partial charge is 0.495 e. The molecule has 1 aromatic rings. The van der Waals surface area contributed by atoms with Crippen molar-refractivity contribution >= 4 is 33.6 Å². The molecule has 1 amide bonds. The van der Waals surface area contributed by atoms with Gasteiger partial charge in [-0.25, -0.2) is 8.42 Å². The monoisotopic (exact) mass is 388 g/mol. The van der Waals surface area contributed by atoms with E-state index >= 15 is 0 Å². The van der Waals surface area contributed by atoms with Crippen LogP contribution in [0.2, 0.25) is 0 Å². The van der Waals surface area contributed by atoms with Crippen LogP contribution >= 0.6 is 0 Å². The molecule has 0 aliphatic carbocycles. The van der Waals surface area contributed by atoms with Gasteiger partial charge in [-0.05, 0) is 0 Å². The summed E-state index contributed by atoms with van der Waals surface area (Å²) in [5.74, 6) is -2.95. The van der Waals surface area contributed by atoms with Gasteiger partial charge in [0, 0.05) is 12.1 Å². The van der Waals surface area contributed by atoms with Gasteiger partial charge in [0.2, 0.25) is 10.0 Å². The van der Waals surface area contributed by atoms with Crippen molar-refractivity contribution in [3.63, 3.8) is 0 Å². The van der Waals surface area contributed by atoms with Gasteiger partial charge in [0.25, 0.3) is 5.91 Å². The number of methoxy groups -OCH3 is 2. The molecule has 0 fully saturated rings. The van der Waals surface area contributed by atoms with E-state index in [2.05, 4.69) is 10.1 Å². The Hall–Kier alpha value is -2.86. The van der Waals surface area contributed by atoms with E-state index < -0.39 is 45.2 Å². The molecular formula is C14H16N2O9S. The summed E-state index contributed by atoms with van der Waals surface area (Å²) in [6.45, 7) is -0.299. The standard InChI is InChI=1S/C14H16N2O9S/c1-23-10-3-7-9(25-6-12(17)15-7)5-11(10)26(21,22)16-8(14(19)20)4-13(18)24-2/h3,5,8,16H,4,6H2,1-2H3,(H,15,17)(H,19,20)/t8-/m0/s1. The Kier molecular flexibility index (Phi) is 5.67. The molecule has 12 heteroatoms. The second kappa shape index (κ2) is 7.58. The van der Waals surface area contributed by atoms with E-state index in [1.165, 1.54) is 13.2 Å². The second-order valence-electron chi connectivity index (χ2n) is 5.13. The minimum absolute atomic E-state index is 0.0746. The van der Waals surface area contributed by atoms with Gasteiger partial charge >= 0.3 is 11.9 Å². The number of anilines is 1. The lowest BCUT2D eigenvalue weighted by Crippen LogP contribution is -2.42. The summed E-state index contributed by atoms with van der Waals surface area (Å²) in [6, 6.07) is 0.582. The Morgan fingerprint density at radius 1 is 1.38 bits per heavy atom. The fraction of sp³-hybridized carbons (Fsp3) is 0.357. The zero-order valence-electron chi connectivity index (χ0n) is 13.8. The van der Waals surface area contributed by atoms with Gasteiger partial charge in [0.1, 0.15) is 22.4 Å². The lowest BCUT2D eigenvalue weighted by Gasteiger charge is -2.21. The molecule has 2 rings (SSSR count). The third-order valence-corrected chi connectivity index (χ3v) is 4.88. The predicted octanol–water partition coefficient (Wildman–Crippen LogP) is -0.679. The normalized spacial score (nSPS) is 14.5. The minimum Gasteiger partial charge on any atom is -0.495 e. The fourth-order valence-electron chi connectivity index (χ4n) is 2.14. The molecule has 0 spiro atoms. The van der Waals surface area contributed by atoms with Gasteiger partial charge in [-0.2, -0.15) is 4.72 Å². The minimum atomic E-state index is -4.40. The molecule has 1 aromatic carbocycles. The number of amides is 1. The van der Waals surface area contributed by atoms with Crippen molar-refractivity contribution in [3.05, 3.63) is 12.1 Å². The van der Waals surface area contributed by atoms with Crippen LogP contribution in [0.3, 0.4) is 0 Å². The maximum atomic E-state index is 12.6. The molecule has 26 heavy (non-hydrogen) atoms. The molecule has 0 saturated heterocycles. The highest BCUT2D eigenvalue weighted by Crippen LogP contribution is 2.37. The third-order valence-electron chi connectivity index (χ3n) is 3.38. The molecule has 0 bridgehead atoms. The molecule has 0 unspecified atom stereocenters. The molecule has 0 radical (unpaired) electrons. The first kappa shape index (κ1) is 19.5. The zero-order chi connectivity index (χ0) is 19.5. The number of carboxylic acids is 1. The highest BCUT2D eigenvalue weighted by atomic mass is 32.2. The summed E-state index contributed by atoms with van der Waals surface area (Å²) in [5.41, 5.74) is 0.210. The topological polar surface area (TPSA) is 157 Å². The van der Waals surface area contributed by atoms with Crippen LogP contribution in [0, 0.1) is 0 Å². The van der Waals surface area contributed by atoms with Crippen molar-refractivity contribution in [2.45, 2.75) is 17.4 Å². The van der Waals surface area contributed by atoms with Crippen molar-refractivity contribution in [1.29, 1.82) is 0 Å². The van der Waals surface area contributed by atoms with E-state index in [1.807, 2.05) is 4.72 Å². The van der Waals surface area contributed by atoms with Crippen LogP contribution in [-0.4, -0.2) is 58.2 Å². The van der Waals surface area contributed by atoms with Gasteiger partial charge in [0.05, 0.1) is 26.3 Å². The third kappa shape index (κ3) is 4.21. The Bertz CT molecular complexity index is 850. The molecule has 1 atom stereocenters. The van der Waals surface area contributed by atoms with E-state index in [0.717, 1.165) is 13.2 Å². The number of benzene rings is 1. The van der Waals surface area contributed by atoms with E-state index in [9.17, 15) is 22.8 Å². The van der Waals surface area contributed by atoms with E-state index in [4.69, 9.17) is 14.6 Å². The number of nitrogens with one attached hydrogen (secondary N) is 2. The van der Waals surface area contributed by atoms with Crippen molar-refractivity contribution in [3.8, 4) is 11.5 Å². The Balaban J connectivity index is 2.39. The van der Waals surface area contributed by atoms with Crippen molar-refractivity contribution < 1.29 is 42.1 Å². The van der Waals surface area contributed by atoms with Crippen molar-refractivity contribution in [1.82, 2.24) is 4.72 Å². The molecule has 1 aliphatic rings. The number of ether oxygens (including phenoxy) is 3. The number of hydrogen-bond donors (Lipinski definition) is 3. The quantitative estimate of drug-likeness (QED) is 0.515. The molecule has 1 aliphatic heterocycles. The average molecular weight is 388 g/mol. The number of fused-ring (bicyclic) bond motifs is 1. The highest BCUT2D eigenvalue weighted by molar-refractivity contribution is 7.89. The maximum Gasteiger partial charge on any atom is 0.322 e. The molecule has 1 heterocycles. The highest BCUT2D eigenvalue weighted by Gasteiger charge is 2.31. The van der Waals surface area contributed by atoms with Crippen LogP contribution in [0.4, 0.5) is 5.69 Å². The first-order chi connectivity index (χ1) is 12.2. The predicted molar refractivity (Wildman–Crippen MR) is 85.5 cm³/mol. The number of carbonyl (C=O) groups is 3. The summed E-state index contributed by atoms with van der Waals surface area (Å²) < 4.78 is 41.6. The zero-order valence-corrected chi connectivity index (χ0v) is 14.6. The summed E-state index contributed by atoms with van der Waals surface area (Å²) in [7, 11) is -2.15. The van der Waals surface area contributed by atoms with Crippen LogP contribution < -0.4 is 19.5 Å². The smallest absolute Gasteiger partial charge is 0.322 e. The lowest BCUT2D eigenvalue weighted by molar-refractivity contribution is -0.147. The molecule has 142 valence electrons. The van der Waals surface area contributed by atoms with E-state index in [0.29, 0.717) is 0 Å². The van der Waals surface area contributed by atoms with Crippen LogP contribution in [0.1, 0.15) is 6.42 Å². The van der Waals surface area contributed by atoms with Gasteiger partial charge in [-0.15, -0.1) is 0 Å². The van der Waals surface area contributed by atoms with Crippen LogP contribution in [0.5, 0.6) is 11.5 Å². The first-order valence-electron chi connectivity index (χ1n) is 7.14. The van der Waals surface area contributed by atoms with E-state index in [1.54, 1.807) is 0 Å². The maximum absolute atomic E-state index is 12.6. The molecule has 0 aromatic heterocycles. The number of carboxylic acid groups (broad SMARTS) is 1. The van der Waals surface area contributed by atoms with E-state index in [-0.39, 0.29) is 23.8 Å². The van der Waals surface area contributed by atoms with Crippen molar-refractivity contribution in [2.24, 2.45) is 0 Å². The Morgan fingerprint density at radius 3 is 2.65 bits per heavy atom. The fourth-order valence-corrected chi connectivity index (χ4v) is 3.49. The van der Waals surface area contributed by atoms with Crippen LogP contribution in [0.25, 0.3) is 0 Å². The molecule has 3 N–H and O–H groups in total. The lowest BCUT2D eigenvalue weighted by atomic mass is 10.2. The number of carbonyl (C=O) groups excluding carboxylic acids is 2. The molecule has 11 nitrogen and oxygen atoms in total. The summed E-state index contributed by atoms with van der Waals surface area (Å²) in [6.07, 6.45) is -0.703. The van der Waals surface area contributed by atoms with Crippen molar-refractivity contribution in [2.75, 3.05) is 26.1 Å². The van der Waals surface area contributed by atoms with Gasteiger partial charge < -0.3 is 24.6 Å².